The van der Waals surface area contributed by atoms with Gasteiger partial charge in [-0.1, -0.05) is 30.3 Å². The lowest BCUT2D eigenvalue weighted by Crippen LogP contribution is -2.36. The van der Waals surface area contributed by atoms with Gasteiger partial charge >= 0.3 is 5.97 Å². The van der Waals surface area contributed by atoms with Gasteiger partial charge in [-0.05, 0) is 12.1 Å². The number of hydrogen-bond donors (Lipinski definition) is 0. The first-order valence-corrected chi connectivity index (χ1v) is 7.07. The van der Waals surface area contributed by atoms with E-state index in [9.17, 15) is 9.59 Å². The van der Waals surface area contributed by atoms with Gasteiger partial charge in [0.05, 0.1) is 18.5 Å². The maximum absolute atomic E-state index is 12.6. The molecule has 0 saturated heterocycles. The van der Waals surface area contributed by atoms with Crippen molar-refractivity contribution in [3.8, 4) is 0 Å². The van der Waals surface area contributed by atoms with Crippen LogP contribution in [0.1, 0.15) is 28.2 Å². The summed E-state index contributed by atoms with van der Waals surface area (Å²) in [5, 5.41) is 0. The van der Waals surface area contributed by atoms with E-state index < -0.39 is 11.6 Å². The van der Waals surface area contributed by atoms with Crippen molar-refractivity contribution in [3.05, 3.63) is 59.4 Å². The summed E-state index contributed by atoms with van der Waals surface area (Å²) in [7, 11) is 2.82. The van der Waals surface area contributed by atoms with Gasteiger partial charge in [0.25, 0.3) is 0 Å². The smallest absolute Gasteiger partial charge is 0.344 e. The molecule has 0 N–H and O–H groups in total. The molecule has 5 nitrogen and oxygen atoms in total. The fraction of sp³-hybridized carbons (Fsp3) is 0.294. The van der Waals surface area contributed by atoms with Crippen molar-refractivity contribution < 1.29 is 19.1 Å². The van der Waals surface area contributed by atoms with Crippen molar-refractivity contribution in [2.45, 2.75) is 18.6 Å². The predicted octanol–water partition coefficient (Wildman–Crippen LogP) is 2.14. The molecule has 1 aliphatic rings. The van der Waals surface area contributed by atoms with E-state index in [1.807, 2.05) is 22.8 Å². The van der Waals surface area contributed by atoms with Crippen LogP contribution < -0.4 is 0 Å². The van der Waals surface area contributed by atoms with Gasteiger partial charge in [0.2, 0.25) is 11.4 Å². The lowest BCUT2D eigenvalue weighted by molar-refractivity contribution is -0.167. The quantitative estimate of drug-likeness (QED) is 0.641. The molecule has 5 heteroatoms. The number of rotatable bonds is 4. The van der Waals surface area contributed by atoms with Crippen LogP contribution in [0.25, 0.3) is 0 Å². The Balaban J connectivity index is 2.03. The predicted molar refractivity (Wildman–Crippen MR) is 79.6 cm³/mol. The van der Waals surface area contributed by atoms with Crippen LogP contribution in [-0.2, 0) is 26.4 Å². The number of benzene rings is 1. The molecule has 1 aliphatic heterocycles. The van der Waals surface area contributed by atoms with Gasteiger partial charge in [-0.3, -0.25) is 4.79 Å². The average Bonchev–Trinajstić information content (AvgIpc) is 3.15. The molecule has 1 aromatic heterocycles. The normalized spacial score (nSPS) is 19.7. The van der Waals surface area contributed by atoms with Crippen LogP contribution in [-0.4, -0.2) is 30.5 Å². The molecule has 1 aromatic carbocycles. The van der Waals surface area contributed by atoms with Crippen LogP contribution in [0, 0.1) is 0 Å². The summed E-state index contributed by atoms with van der Waals surface area (Å²) < 4.78 is 12.2. The Hall–Kier alpha value is -2.40. The summed E-state index contributed by atoms with van der Waals surface area (Å²) in [6.07, 6.45) is 0.460. The molecule has 0 spiro atoms. The second-order valence-electron chi connectivity index (χ2n) is 5.22. The molecule has 0 amide bonds. The largest absolute Gasteiger partial charge is 0.467 e. The Morgan fingerprint density at radius 2 is 1.82 bits per heavy atom. The standard InChI is InChI=1S/C17H17NO4/c1-21-16(20)17(22-2)10-11-18-13(8-9-14(17)18)15(19)12-6-4-3-5-7-12/h3-9H,10-11H2,1-2H3. The lowest BCUT2D eigenvalue weighted by atomic mass is 9.98. The highest BCUT2D eigenvalue weighted by molar-refractivity contribution is 6.08. The molecule has 0 radical (unpaired) electrons. The maximum Gasteiger partial charge on any atom is 0.344 e. The van der Waals surface area contributed by atoms with Gasteiger partial charge in [-0.2, -0.15) is 0 Å². The minimum atomic E-state index is -1.12. The fourth-order valence-corrected chi connectivity index (χ4v) is 3.06. The zero-order chi connectivity index (χ0) is 15.7. The van der Waals surface area contributed by atoms with E-state index in [4.69, 9.17) is 9.47 Å². The molecule has 0 fully saturated rings. The van der Waals surface area contributed by atoms with Crippen molar-refractivity contribution in [1.29, 1.82) is 0 Å². The summed E-state index contributed by atoms with van der Waals surface area (Å²) >= 11 is 0. The first-order valence-electron chi connectivity index (χ1n) is 7.07. The lowest BCUT2D eigenvalue weighted by Gasteiger charge is -2.23. The first-order chi connectivity index (χ1) is 10.6. The van der Waals surface area contributed by atoms with E-state index in [2.05, 4.69) is 0 Å². The molecule has 2 heterocycles. The number of carbonyl (C=O) groups excluding carboxylic acids is 2. The van der Waals surface area contributed by atoms with Crippen LogP contribution in [0.15, 0.2) is 42.5 Å². The van der Waals surface area contributed by atoms with Gasteiger partial charge < -0.3 is 14.0 Å². The Morgan fingerprint density at radius 1 is 1.09 bits per heavy atom. The van der Waals surface area contributed by atoms with Crippen LogP contribution in [0.3, 0.4) is 0 Å². The van der Waals surface area contributed by atoms with Crippen molar-refractivity contribution >= 4 is 11.8 Å². The molecular formula is C17H17NO4. The highest BCUT2D eigenvalue weighted by atomic mass is 16.6. The van der Waals surface area contributed by atoms with E-state index in [1.54, 1.807) is 24.3 Å². The van der Waals surface area contributed by atoms with Gasteiger partial charge in [-0.15, -0.1) is 0 Å². The number of hydrogen-bond acceptors (Lipinski definition) is 4. The summed E-state index contributed by atoms with van der Waals surface area (Å²) in [6.45, 7) is 0.541. The monoisotopic (exact) mass is 299 g/mol. The Labute approximate surface area is 128 Å². The van der Waals surface area contributed by atoms with Gasteiger partial charge in [0.1, 0.15) is 0 Å². The minimum absolute atomic E-state index is 0.0661. The van der Waals surface area contributed by atoms with E-state index in [0.717, 1.165) is 0 Å². The maximum atomic E-state index is 12.6. The van der Waals surface area contributed by atoms with Crippen molar-refractivity contribution in [1.82, 2.24) is 4.57 Å². The van der Waals surface area contributed by atoms with Crippen molar-refractivity contribution in [2.75, 3.05) is 14.2 Å². The van der Waals surface area contributed by atoms with Crippen LogP contribution in [0.2, 0.25) is 0 Å². The van der Waals surface area contributed by atoms with Crippen molar-refractivity contribution in [3.63, 3.8) is 0 Å². The molecule has 114 valence electrons. The molecule has 2 aromatic rings. The molecular weight excluding hydrogens is 282 g/mol. The number of methoxy groups -OCH3 is 2. The molecule has 0 saturated carbocycles. The number of ether oxygens (including phenoxy) is 2. The van der Waals surface area contributed by atoms with E-state index in [-0.39, 0.29) is 5.78 Å². The number of aromatic nitrogens is 1. The third kappa shape index (κ3) is 1.97. The number of ketones is 1. The first kappa shape index (κ1) is 14.5. The van der Waals surface area contributed by atoms with Gasteiger partial charge in [0, 0.05) is 25.6 Å². The zero-order valence-corrected chi connectivity index (χ0v) is 12.5. The van der Waals surface area contributed by atoms with Crippen LogP contribution >= 0.6 is 0 Å². The third-order valence-electron chi connectivity index (χ3n) is 4.21. The summed E-state index contributed by atoms with van der Waals surface area (Å²) in [6, 6.07) is 12.6. The molecule has 0 bridgehead atoms. The Kier molecular flexibility index (Phi) is 3.58. The van der Waals surface area contributed by atoms with E-state index >= 15 is 0 Å². The minimum Gasteiger partial charge on any atom is -0.467 e. The number of nitrogens with zero attached hydrogens (tertiary/aromatic N) is 1. The number of esters is 1. The van der Waals surface area contributed by atoms with Gasteiger partial charge in [0.15, 0.2) is 0 Å². The average molecular weight is 299 g/mol. The topological polar surface area (TPSA) is 57.5 Å². The Morgan fingerprint density at radius 3 is 2.45 bits per heavy atom. The zero-order valence-electron chi connectivity index (χ0n) is 12.5. The Bertz CT molecular complexity index is 720. The summed E-state index contributed by atoms with van der Waals surface area (Å²) in [4.78, 5) is 24.8. The third-order valence-corrected chi connectivity index (χ3v) is 4.21. The molecule has 1 unspecified atom stereocenters. The summed E-state index contributed by atoms with van der Waals surface area (Å²) in [5.74, 6) is -0.505. The molecule has 22 heavy (non-hydrogen) atoms. The SMILES string of the molecule is COC(=O)C1(OC)CCn2c(C(=O)c3ccccc3)ccc21. The van der Waals surface area contributed by atoms with Crippen molar-refractivity contribution in [2.24, 2.45) is 0 Å². The second-order valence-corrected chi connectivity index (χ2v) is 5.22. The highest BCUT2D eigenvalue weighted by Crippen LogP contribution is 2.38. The number of fused-ring (bicyclic) bond motifs is 1. The fourth-order valence-electron chi connectivity index (χ4n) is 3.06. The van der Waals surface area contributed by atoms with E-state index in [0.29, 0.717) is 29.9 Å². The highest BCUT2D eigenvalue weighted by Gasteiger charge is 2.48. The molecule has 0 aliphatic carbocycles. The van der Waals surface area contributed by atoms with Crippen LogP contribution in [0.5, 0.6) is 0 Å². The number of carbonyl (C=O) groups is 2. The van der Waals surface area contributed by atoms with Gasteiger partial charge in [-0.25, -0.2) is 4.79 Å². The van der Waals surface area contributed by atoms with E-state index in [1.165, 1.54) is 14.2 Å². The second kappa shape index (κ2) is 5.42. The summed E-state index contributed by atoms with van der Waals surface area (Å²) in [5.41, 5.74) is 0.728. The molecule has 3 rings (SSSR count). The molecule has 1 atom stereocenters. The van der Waals surface area contributed by atoms with Crippen LogP contribution in [0.4, 0.5) is 0 Å².